The Hall–Kier alpha value is -2.83. The van der Waals surface area contributed by atoms with Gasteiger partial charge < -0.3 is 5.11 Å². The molecule has 19 heavy (non-hydrogen) atoms. The summed E-state index contributed by atoms with van der Waals surface area (Å²) in [4.78, 5) is 34.3. The maximum absolute atomic E-state index is 11.8. The van der Waals surface area contributed by atoms with Gasteiger partial charge in [0, 0.05) is 12.4 Å². The molecule has 0 aromatic carbocycles. The van der Waals surface area contributed by atoms with Crippen LogP contribution in [0.15, 0.2) is 30.6 Å². The smallest absolute Gasteiger partial charge is 0.337 e. The zero-order valence-corrected chi connectivity index (χ0v) is 9.99. The van der Waals surface area contributed by atoms with Crippen molar-refractivity contribution in [2.75, 3.05) is 5.32 Å². The second-order valence-electron chi connectivity index (χ2n) is 3.66. The fourth-order valence-corrected chi connectivity index (χ4v) is 1.44. The van der Waals surface area contributed by atoms with Gasteiger partial charge >= 0.3 is 5.97 Å². The summed E-state index contributed by atoms with van der Waals surface area (Å²) < 4.78 is 0. The van der Waals surface area contributed by atoms with E-state index in [1.54, 1.807) is 6.07 Å². The molecule has 0 aliphatic carbocycles. The van der Waals surface area contributed by atoms with Gasteiger partial charge in [-0.25, -0.2) is 19.7 Å². The number of pyridine rings is 1. The molecule has 0 fully saturated rings. The van der Waals surface area contributed by atoms with Crippen LogP contribution in [0.1, 0.15) is 26.5 Å². The van der Waals surface area contributed by atoms with Gasteiger partial charge in [0.2, 0.25) is 5.95 Å². The van der Waals surface area contributed by atoms with Crippen LogP contribution in [0.25, 0.3) is 0 Å². The van der Waals surface area contributed by atoms with E-state index in [1.165, 1.54) is 31.5 Å². The number of nitrogens with one attached hydrogen (secondary N) is 1. The lowest BCUT2D eigenvalue weighted by atomic mass is 10.2. The summed E-state index contributed by atoms with van der Waals surface area (Å²) in [5.74, 6) is -1.41. The predicted octanol–water partition coefficient (Wildman–Crippen LogP) is 1.13. The zero-order chi connectivity index (χ0) is 13.8. The number of carboxylic acids is 1. The standard InChI is InChI=1S/C12H10N4O3/c1-7-8(11(18)19)3-4-9(15-7)10(17)16-12-13-5-2-6-14-12/h2-6H,1H3,(H,18,19)(H,13,14,16,17). The van der Waals surface area contributed by atoms with E-state index in [4.69, 9.17) is 5.11 Å². The minimum absolute atomic E-state index is 0.0625. The fourth-order valence-electron chi connectivity index (χ4n) is 1.44. The molecule has 0 aliphatic rings. The van der Waals surface area contributed by atoms with Gasteiger partial charge in [-0.05, 0) is 25.1 Å². The van der Waals surface area contributed by atoms with Crippen LogP contribution in [0.2, 0.25) is 0 Å². The summed E-state index contributed by atoms with van der Waals surface area (Å²) in [6.45, 7) is 1.53. The summed E-state index contributed by atoms with van der Waals surface area (Å²) in [5.41, 5.74) is 0.441. The van der Waals surface area contributed by atoms with Gasteiger partial charge in [-0.15, -0.1) is 0 Å². The van der Waals surface area contributed by atoms with Crippen LogP contribution >= 0.6 is 0 Å². The molecule has 0 radical (unpaired) electrons. The van der Waals surface area contributed by atoms with Crippen LogP contribution in [-0.2, 0) is 0 Å². The van der Waals surface area contributed by atoms with E-state index in [0.717, 1.165) is 0 Å². The number of amides is 1. The summed E-state index contributed by atoms with van der Waals surface area (Å²) >= 11 is 0. The Bertz CT molecular complexity index is 628. The molecule has 2 rings (SSSR count). The van der Waals surface area contributed by atoms with E-state index in [0.29, 0.717) is 0 Å². The molecule has 0 aliphatic heterocycles. The lowest BCUT2D eigenvalue weighted by Gasteiger charge is -2.05. The van der Waals surface area contributed by atoms with Crippen molar-refractivity contribution in [1.82, 2.24) is 15.0 Å². The summed E-state index contributed by atoms with van der Waals surface area (Å²) in [5, 5.41) is 11.3. The number of rotatable bonds is 3. The molecular formula is C12H10N4O3. The first kappa shape index (κ1) is 12.6. The molecule has 1 amide bonds. The van der Waals surface area contributed by atoms with Crippen LogP contribution in [0, 0.1) is 6.92 Å². The van der Waals surface area contributed by atoms with Crippen LogP contribution in [0.5, 0.6) is 0 Å². The predicted molar refractivity (Wildman–Crippen MR) is 65.9 cm³/mol. The third kappa shape index (κ3) is 2.89. The number of nitrogens with zero attached hydrogens (tertiary/aromatic N) is 3. The number of hydrogen-bond acceptors (Lipinski definition) is 5. The van der Waals surface area contributed by atoms with E-state index in [1.807, 2.05) is 0 Å². The maximum atomic E-state index is 11.8. The molecule has 0 spiro atoms. The highest BCUT2D eigenvalue weighted by molar-refractivity contribution is 6.02. The van der Waals surface area contributed by atoms with Gasteiger partial charge in [0.05, 0.1) is 11.3 Å². The molecule has 0 saturated heterocycles. The van der Waals surface area contributed by atoms with Crippen molar-refractivity contribution in [1.29, 1.82) is 0 Å². The van der Waals surface area contributed by atoms with E-state index in [-0.39, 0.29) is 22.9 Å². The second kappa shape index (κ2) is 5.21. The highest BCUT2D eigenvalue weighted by Gasteiger charge is 2.13. The van der Waals surface area contributed by atoms with Crippen molar-refractivity contribution in [3.05, 3.63) is 47.5 Å². The minimum atomic E-state index is -1.08. The normalized spacial score (nSPS) is 9.95. The third-order valence-electron chi connectivity index (χ3n) is 2.34. The van der Waals surface area contributed by atoms with Crippen molar-refractivity contribution in [3.8, 4) is 0 Å². The Morgan fingerprint density at radius 2 is 1.89 bits per heavy atom. The lowest BCUT2D eigenvalue weighted by Crippen LogP contribution is -2.16. The van der Waals surface area contributed by atoms with E-state index in [2.05, 4.69) is 20.3 Å². The molecule has 0 saturated carbocycles. The first-order chi connectivity index (χ1) is 9.08. The number of hydrogen-bond donors (Lipinski definition) is 2. The number of carbonyl (C=O) groups is 2. The van der Waals surface area contributed by atoms with Gasteiger partial charge in [-0.2, -0.15) is 0 Å². The highest BCUT2D eigenvalue weighted by atomic mass is 16.4. The van der Waals surface area contributed by atoms with Crippen LogP contribution in [0.3, 0.4) is 0 Å². The van der Waals surface area contributed by atoms with Crippen LogP contribution in [0.4, 0.5) is 5.95 Å². The lowest BCUT2D eigenvalue weighted by molar-refractivity contribution is 0.0695. The van der Waals surface area contributed by atoms with Crippen molar-refractivity contribution >= 4 is 17.8 Å². The van der Waals surface area contributed by atoms with Crippen molar-refractivity contribution in [2.24, 2.45) is 0 Å². The van der Waals surface area contributed by atoms with Gasteiger partial charge in [0.1, 0.15) is 5.69 Å². The Labute approximate surface area is 108 Å². The summed E-state index contributed by atoms with van der Waals surface area (Å²) in [6.07, 6.45) is 2.99. The number of aryl methyl sites for hydroxylation is 1. The number of carbonyl (C=O) groups excluding carboxylic acids is 1. The molecule has 2 N–H and O–H groups in total. The molecule has 7 heteroatoms. The number of aromatic carboxylic acids is 1. The minimum Gasteiger partial charge on any atom is -0.478 e. The fraction of sp³-hybridized carbons (Fsp3) is 0.0833. The Morgan fingerprint density at radius 1 is 1.21 bits per heavy atom. The molecule has 0 bridgehead atoms. The number of aromatic nitrogens is 3. The molecule has 7 nitrogen and oxygen atoms in total. The van der Waals surface area contributed by atoms with E-state index >= 15 is 0 Å². The van der Waals surface area contributed by atoms with E-state index < -0.39 is 11.9 Å². The number of carboxylic acid groups (broad SMARTS) is 1. The highest BCUT2D eigenvalue weighted by Crippen LogP contribution is 2.08. The first-order valence-electron chi connectivity index (χ1n) is 5.37. The quantitative estimate of drug-likeness (QED) is 0.854. The van der Waals surface area contributed by atoms with Gasteiger partial charge in [-0.3, -0.25) is 10.1 Å². The average molecular weight is 258 g/mol. The Morgan fingerprint density at radius 3 is 2.47 bits per heavy atom. The Kier molecular flexibility index (Phi) is 3.46. The molecule has 2 aromatic rings. The van der Waals surface area contributed by atoms with Gasteiger partial charge in [0.15, 0.2) is 0 Å². The average Bonchev–Trinajstić information content (AvgIpc) is 2.39. The molecule has 0 atom stereocenters. The summed E-state index contributed by atoms with van der Waals surface area (Å²) in [6, 6.07) is 4.31. The van der Waals surface area contributed by atoms with Gasteiger partial charge in [0.25, 0.3) is 5.91 Å². The maximum Gasteiger partial charge on any atom is 0.337 e. The van der Waals surface area contributed by atoms with Gasteiger partial charge in [-0.1, -0.05) is 0 Å². The summed E-state index contributed by atoms with van der Waals surface area (Å²) in [7, 11) is 0. The molecule has 2 aromatic heterocycles. The first-order valence-corrected chi connectivity index (χ1v) is 5.37. The van der Waals surface area contributed by atoms with Crippen molar-refractivity contribution in [2.45, 2.75) is 6.92 Å². The third-order valence-corrected chi connectivity index (χ3v) is 2.34. The Balaban J connectivity index is 2.21. The second-order valence-corrected chi connectivity index (χ2v) is 3.66. The SMILES string of the molecule is Cc1nc(C(=O)Nc2ncccn2)ccc1C(=O)O. The molecule has 0 unspecified atom stereocenters. The molecular weight excluding hydrogens is 248 g/mol. The van der Waals surface area contributed by atoms with Crippen molar-refractivity contribution in [3.63, 3.8) is 0 Å². The topological polar surface area (TPSA) is 105 Å². The number of anilines is 1. The van der Waals surface area contributed by atoms with Crippen LogP contribution in [-0.4, -0.2) is 31.9 Å². The zero-order valence-electron chi connectivity index (χ0n) is 9.99. The molecule has 2 heterocycles. The van der Waals surface area contributed by atoms with E-state index in [9.17, 15) is 9.59 Å². The molecule has 96 valence electrons. The monoisotopic (exact) mass is 258 g/mol. The van der Waals surface area contributed by atoms with Crippen LogP contribution < -0.4 is 5.32 Å². The van der Waals surface area contributed by atoms with Crippen molar-refractivity contribution < 1.29 is 14.7 Å². The largest absolute Gasteiger partial charge is 0.478 e.